The van der Waals surface area contributed by atoms with E-state index in [-0.39, 0.29) is 5.91 Å². The maximum Gasteiger partial charge on any atom is 0.243 e. The van der Waals surface area contributed by atoms with Crippen molar-refractivity contribution in [2.24, 2.45) is 0 Å². The minimum Gasteiger partial charge on any atom is -0.351 e. The fourth-order valence-electron chi connectivity index (χ4n) is 1.80. The van der Waals surface area contributed by atoms with Crippen molar-refractivity contribution < 1.29 is 4.79 Å². The number of hydrogen-bond donors (Lipinski definition) is 1. The lowest BCUT2D eigenvalue weighted by atomic mass is 10.3. The number of carbonyl (C=O) groups is 1. The van der Waals surface area contributed by atoms with E-state index in [1.807, 2.05) is 49.3 Å². The zero-order valence-corrected chi connectivity index (χ0v) is 11.8. The fraction of sp³-hybridized carbons (Fsp3) is 0.357. The van der Waals surface area contributed by atoms with Crippen LogP contribution in [-0.4, -0.2) is 53.0 Å². The van der Waals surface area contributed by atoms with Crippen molar-refractivity contribution in [3.8, 4) is 0 Å². The number of likely N-dealkylation sites (N-methyl/N-ethyl adjacent to an activating group) is 1. The summed E-state index contributed by atoms with van der Waals surface area (Å²) in [5.74, 6) is -0.0868. The maximum absolute atomic E-state index is 11.6. The van der Waals surface area contributed by atoms with Crippen LogP contribution in [0.5, 0.6) is 0 Å². The first-order valence-corrected chi connectivity index (χ1v) is 6.54. The molecule has 20 heavy (non-hydrogen) atoms. The Morgan fingerprint density at radius 1 is 1.40 bits per heavy atom. The highest BCUT2D eigenvalue weighted by Crippen LogP contribution is 2.08. The van der Waals surface area contributed by atoms with E-state index in [9.17, 15) is 4.79 Å². The van der Waals surface area contributed by atoms with Gasteiger partial charge in [-0.2, -0.15) is 0 Å². The Labute approximate surface area is 118 Å². The molecule has 0 aliphatic heterocycles. The number of rotatable bonds is 6. The average Bonchev–Trinajstić information content (AvgIpc) is 2.82. The molecule has 2 aromatic rings. The summed E-state index contributed by atoms with van der Waals surface area (Å²) in [5, 5.41) is 11.0. The Hall–Kier alpha value is -2.21. The SMILES string of the molecule is CN(C)C/C=C/C(=O)NCCn1nnc2ccccc21. The number of nitrogens with one attached hydrogen (secondary N) is 1. The second-order valence-corrected chi connectivity index (χ2v) is 4.76. The number of fused-ring (bicyclic) bond motifs is 1. The zero-order valence-electron chi connectivity index (χ0n) is 11.8. The molecule has 0 spiro atoms. The first kappa shape index (κ1) is 14.2. The van der Waals surface area contributed by atoms with Crippen LogP contribution in [0, 0.1) is 0 Å². The van der Waals surface area contributed by atoms with Gasteiger partial charge in [0.15, 0.2) is 0 Å². The van der Waals surface area contributed by atoms with E-state index in [1.165, 1.54) is 0 Å². The number of para-hydroxylation sites is 1. The topological polar surface area (TPSA) is 63.1 Å². The van der Waals surface area contributed by atoms with Crippen LogP contribution < -0.4 is 5.32 Å². The van der Waals surface area contributed by atoms with Crippen LogP contribution in [-0.2, 0) is 11.3 Å². The molecule has 1 heterocycles. The molecule has 1 N–H and O–H groups in total. The molecular weight excluding hydrogens is 254 g/mol. The number of nitrogens with zero attached hydrogens (tertiary/aromatic N) is 4. The van der Waals surface area contributed by atoms with Gasteiger partial charge in [-0.3, -0.25) is 4.79 Å². The first-order valence-electron chi connectivity index (χ1n) is 6.54. The van der Waals surface area contributed by atoms with Gasteiger partial charge in [-0.05, 0) is 26.2 Å². The predicted molar refractivity (Wildman–Crippen MR) is 78.2 cm³/mol. The summed E-state index contributed by atoms with van der Waals surface area (Å²) in [6, 6.07) is 7.76. The second-order valence-electron chi connectivity index (χ2n) is 4.76. The lowest BCUT2D eigenvalue weighted by Crippen LogP contribution is -2.26. The number of amides is 1. The van der Waals surface area contributed by atoms with E-state index in [0.29, 0.717) is 13.1 Å². The largest absolute Gasteiger partial charge is 0.351 e. The third-order valence-corrected chi connectivity index (χ3v) is 2.78. The van der Waals surface area contributed by atoms with Gasteiger partial charge in [-0.15, -0.1) is 5.10 Å². The standard InChI is InChI=1S/C14H19N5O/c1-18(2)10-5-8-14(20)15-9-11-19-13-7-4-3-6-12(13)16-17-19/h3-8H,9-11H2,1-2H3,(H,15,20)/b8-5+. The molecule has 0 saturated carbocycles. The monoisotopic (exact) mass is 273 g/mol. The molecule has 1 aromatic carbocycles. The molecule has 0 bridgehead atoms. The van der Waals surface area contributed by atoms with E-state index in [1.54, 1.807) is 10.8 Å². The lowest BCUT2D eigenvalue weighted by Gasteiger charge is -2.05. The summed E-state index contributed by atoms with van der Waals surface area (Å²) < 4.78 is 1.79. The number of aromatic nitrogens is 3. The number of hydrogen-bond acceptors (Lipinski definition) is 4. The summed E-state index contributed by atoms with van der Waals surface area (Å²) in [5.41, 5.74) is 1.84. The third kappa shape index (κ3) is 3.89. The van der Waals surface area contributed by atoms with Crippen molar-refractivity contribution in [3.05, 3.63) is 36.4 Å². The molecule has 1 amide bonds. The Morgan fingerprint density at radius 3 is 3.00 bits per heavy atom. The molecular formula is C14H19N5O. The summed E-state index contributed by atoms with van der Waals surface area (Å²) >= 11 is 0. The van der Waals surface area contributed by atoms with Crippen molar-refractivity contribution in [3.63, 3.8) is 0 Å². The maximum atomic E-state index is 11.6. The Kier molecular flexibility index (Phi) is 4.84. The molecule has 6 heteroatoms. The van der Waals surface area contributed by atoms with Crippen molar-refractivity contribution >= 4 is 16.9 Å². The highest BCUT2D eigenvalue weighted by Gasteiger charge is 2.03. The molecule has 0 fully saturated rings. The lowest BCUT2D eigenvalue weighted by molar-refractivity contribution is -0.116. The van der Waals surface area contributed by atoms with E-state index in [4.69, 9.17) is 0 Å². The van der Waals surface area contributed by atoms with Gasteiger partial charge in [0.25, 0.3) is 0 Å². The summed E-state index contributed by atoms with van der Waals surface area (Å²) in [7, 11) is 3.91. The normalized spacial score (nSPS) is 11.6. The van der Waals surface area contributed by atoms with Crippen LogP contribution in [0.4, 0.5) is 0 Å². The van der Waals surface area contributed by atoms with E-state index < -0.39 is 0 Å². The van der Waals surface area contributed by atoms with Crippen molar-refractivity contribution in [2.75, 3.05) is 27.2 Å². The van der Waals surface area contributed by atoms with Crippen molar-refractivity contribution in [2.45, 2.75) is 6.54 Å². The minimum atomic E-state index is -0.0868. The molecule has 1 aromatic heterocycles. The molecule has 106 valence electrons. The number of carbonyl (C=O) groups excluding carboxylic acids is 1. The minimum absolute atomic E-state index is 0.0868. The molecule has 0 unspecified atom stereocenters. The first-order chi connectivity index (χ1) is 9.66. The molecule has 0 radical (unpaired) electrons. The Morgan fingerprint density at radius 2 is 2.20 bits per heavy atom. The van der Waals surface area contributed by atoms with Gasteiger partial charge >= 0.3 is 0 Å². The zero-order chi connectivity index (χ0) is 14.4. The predicted octanol–water partition coefficient (Wildman–Crippen LogP) is 0.665. The van der Waals surface area contributed by atoms with Crippen LogP contribution in [0.1, 0.15) is 0 Å². The number of benzene rings is 1. The summed E-state index contributed by atoms with van der Waals surface area (Å²) in [6.07, 6.45) is 3.39. The summed E-state index contributed by atoms with van der Waals surface area (Å²) in [6.45, 7) is 1.88. The van der Waals surface area contributed by atoms with Gasteiger partial charge < -0.3 is 10.2 Å². The van der Waals surface area contributed by atoms with Gasteiger partial charge in [0.05, 0.1) is 12.1 Å². The highest BCUT2D eigenvalue weighted by atomic mass is 16.1. The van der Waals surface area contributed by atoms with Crippen LogP contribution in [0.25, 0.3) is 11.0 Å². The van der Waals surface area contributed by atoms with Gasteiger partial charge in [0, 0.05) is 19.2 Å². The molecule has 6 nitrogen and oxygen atoms in total. The average molecular weight is 273 g/mol. The van der Waals surface area contributed by atoms with Crippen LogP contribution >= 0.6 is 0 Å². The summed E-state index contributed by atoms with van der Waals surface area (Å²) in [4.78, 5) is 13.5. The smallest absolute Gasteiger partial charge is 0.243 e. The molecule has 2 rings (SSSR count). The van der Waals surface area contributed by atoms with Crippen molar-refractivity contribution in [1.82, 2.24) is 25.2 Å². The Balaban J connectivity index is 1.81. The van der Waals surface area contributed by atoms with Gasteiger partial charge in [-0.1, -0.05) is 23.4 Å². The molecule has 0 saturated heterocycles. The molecule has 0 aliphatic carbocycles. The fourth-order valence-corrected chi connectivity index (χ4v) is 1.80. The van der Waals surface area contributed by atoms with E-state index in [0.717, 1.165) is 17.6 Å². The third-order valence-electron chi connectivity index (χ3n) is 2.78. The molecule has 0 atom stereocenters. The highest BCUT2D eigenvalue weighted by molar-refractivity contribution is 5.87. The van der Waals surface area contributed by atoms with Crippen LogP contribution in [0.3, 0.4) is 0 Å². The molecule has 0 aliphatic rings. The van der Waals surface area contributed by atoms with Crippen molar-refractivity contribution in [1.29, 1.82) is 0 Å². The van der Waals surface area contributed by atoms with Crippen LogP contribution in [0.15, 0.2) is 36.4 Å². The van der Waals surface area contributed by atoms with E-state index in [2.05, 4.69) is 15.6 Å². The van der Waals surface area contributed by atoms with E-state index >= 15 is 0 Å². The quantitative estimate of drug-likeness (QED) is 0.786. The Bertz CT molecular complexity index is 602. The second kappa shape index (κ2) is 6.81. The van der Waals surface area contributed by atoms with Gasteiger partial charge in [-0.25, -0.2) is 4.68 Å². The van der Waals surface area contributed by atoms with Gasteiger partial charge in [0.2, 0.25) is 5.91 Å². The van der Waals surface area contributed by atoms with Gasteiger partial charge in [0.1, 0.15) is 5.52 Å². The van der Waals surface area contributed by atoms with Crippen LogP contribution in [0.2, 0.25) is 0 Å².